The van der Waals surface area contributed by atoms with Gasteiger partial charge in [-0.1, -0.05) is 12.1 Å². The summed E-state index contributed by atoms with van der Waals surface area (Å²) in [6.45, 7) is 0. The van der Waals surface area contributed by atoms with E-state index in [4.69, 9.17) is 0 Å². The highest BCUT2D eigenvalue weighted by molar-refractivity contribution is 8.01. The summed E-state index contributed by atoms with van der Waals surface area (Å²) in [5.41, 5.74) is 0.630. The Morgan fingerprint density at radius 2 is 2.19 bits per heavy atom. The lowest BCUT2D eigenvalue weighted by atomic mass is 10.2. The van der Waals surface area contributed by atoms with E-state index in [0.29, 0.717) is 12.0 Å². The van der Waals surface area contributed by atoms with E-state index in [0.717, 1.165) is 11.2 Å². The summed E-state index contributed by atoms with van der Waals surface area (Å²) < 4.78 is 22.6. The monoisotopic (exact) mass is 256 g/mol. The first-order valence-electron chi connectivity index (χ1n) is 5.01. The van der Waals surface area contributed by atoms with E-state index in [9.17, 15) is 13.2 Å². The summed E-state index contributed by atoms with van der Waals surface area (Å²) in [6, 6.07) is 7.25. The maximum Gasteiger partial charge on any atom is 0.151 e. The van der Waals surface area contributed by atoms with Gasteiger partial charge < -0.3 is 0 Å². The molecule has 0 radical (unpaired) electrons. The maximum atomic E-state index is 11.3. The van der Waals surface area contributed by atoms with E-state index in [1.54, 1.807) is 23.9 Å². The summed E-state index contributed by atoms with van der Waals surface area (Å²) in [6.07, 6.45) is 1.51. The predicted molar refractivity (Wildman–Crippen MR) is 64.7 cm³/mol. The van der Waals surface area contributed by atoms with Gasteiger partial charge in [-0.25, -0.2) is 8.42 Å². The van der Waals surface area contributed by atoms with Crippen LogP contribution < -0.4 is 0 Å². The topological polar surface area (TPSA) is 51.2 Å². The Labute approximate surface area is 99.2 Å². The van der Waals surface area contributed by atoms with Crippen LogP contribution in [0.25, 0.3) is 0 Å². The van der Waals surface area contributed by atoms with Crippen LogP contribution in [0.3, 0.4) is 0 Å². The van der Waals surface area contributed by atoms with Crippen molar-refractivity contribution in [2.24, 2.45) is 0 Å². The third kappa shape index (κ3) is 2.86. The Morgan fingerprint density at radius 1 is 1.38 bits per heavy atom. The minimum absolute atomic E-state index is 0.131. The molecule has 0 saturated carbocycles. The van der Waals surface area contributed by atoms with Crippen LogP contribution in [0.1, 0.15) is 16.8 Å². The van der Waals surface area contributed by atoms with Crippen molar-refractivity contribution < 1.29 is 13.2 Å². The molecule has 16 heavy (non-hydrogen) atoms. The second kappa shape index (κ2) is 4.59. The number of carbonyl (C=O) groups is 1. The number of sulfone groups is 1. The SMILES string of the molecule is O=Cc1cccc(SC2CCS(=O)(=O)C2)c1. The van der Waals surface area contributed by atoms with Gasteiger partial charge in [0.25, 0.3) is 0 Å². The summed E-state index contributed by atoms with van der Waals surface area (Å²) in [4.78, 5) is 11.6. The molecule has 0 amide bonds. The Hall–Kier alpha value is -0.810. The van der Waals surface area contributed by atoms with E-state index < -0.39 is 9.84 Å². The Kier molecular flexibility index (Phi) is 3.35. The minimum Gasteiger partial charge on any atom is -0.298 e. The number of carbonyl (C=O) groups excluding carboxylic acids is 1. The van der Waals surface area contributed by atoms with Gasteiger partial charge in [0.15, 0.2) is 9.84 Å². The molecule has 0 N–H and O–H groups in total. The van der Waals surface area contributed by atoms with Crippen LogP contribution in [0.2, 0.25) is 0 Å². The van der Waals surface area contributed by atoms with Crippen molar-refractivity contribution in [1.82, 2.24) is 0 Å². The Balaban J connectivity index is 2.07. The van der Waals surface area contributed by atoms with Crippen molar-refractivity contribution in [2.45, 2.75) is 16.6 Å². The third-order valence-corrected chi connectivity index (χ3v) is 5.73. The fourth-order valence-electron chi connectivity index (χ4n) is 1.71. The summed E-state index contributed by atoms with van der Waals surface area (Å²) in [5, 5.41) is 0.131. The lowest BCUT2D eigenvalue weighted by molar-refractivity contribution is 0.112. The molecule has 86 valence electrons. The number of benzene rings is 1. The normalized spacial score (nSPS) is 23.1. The first kappa shape index (κ1) is 11.7. The number of thioether (sulfide) groups is 1. The van der Waals surface area contributed by atoms with Gasteiger partial charge in [0.2, 0.25) is 0 Å². The molecule has 3 nitrogen and oxygen atoms in total. The van der Waals surface area contributed by atoms with Gasteiger partial charge in [-0.3, -0.25) is 4.79 Å². The zero-order valence-electron chi connectivity index (χ0n) is 8.63. The molecule has 0 aromatic heterocycles. The van der Waals surface area contributed by atoms with Crippen LogP contribution in [0, 0.1) is 0 Å². The van der Waals surface area contributed by atoms with Crippen LogP contribution in [0.5, 0.6) is 0 Å². The fraction of sp³-hybridized carbons (Fsp3) is 0.364. The van der Waals surface area contributed by atoms with Gasteiger partial charge in [-0.05, 0) is 18.6 Å². The van der Waals surface area contributed by atoms with Crippen LogP contribution in [0.15, 0.2) is 29.2 Å². The molecule has 1 aromatic rings. The second-order valence-electron chi connectivity index (χ2n) is 3.83. The molecule has 1 aromatic carbocycles. The number of rotatable bonds is 3. The van der Waals surface area contributed by atoms with Crippen LogP contribution in [0.4, 0.5) is 0 Å². The van der Waals surface area contributed by atoms with Gasteiger partial charge in [0.1, 0.15) is 6.29 Å². The molecular formula is C11H12O3S2. The van der Waals surface area contributed by atoms with Crippen molar-refractivity contribution in [3.63, 3.8) is 0 Å². The molecule has 1 aliphatic rings. The standard InChI is InChI=1S/C11H12O3S2/c12-7-9-2-1-3-10(6-9)15-11-4-5-16(13,14)8-11/h1-3,6-7,11H,4-5,8H2. The summed E-state index contributed by atoms with van der Waals surface area (Å²) in [7, 11) is -2.82. The Morgan fingerprint density at radius 3 is 2.81 bits per heavy atom. The van der Waals surface area contributed by atoms with Gasteiger partial charge in [0.05, 0.1) is 11.5 Å². The minimum atomic E-state index is -2.82. The molecule has 1 unspecified atom stereocenters. The molecule has 1 saturated heterocycles. The van der Waals surface area contributed by atoms with Gasteiger partial charge in [-0.2, -0.15) is 0 Å². The Bertz CT molecular complexity index is 494. The fourth-order valence-corrected chi connectivity index (χ4v) is 5.28. The molecule has 0 bridgehead atoms. The molecule has 2 rings (SSSR count). The number of hydrogen-bond donors (Lipinski definition) is 0. The summed E-state index contributed by atoms with van der Waals surface area (Å²) >= 11 is 1.54. The van der Waals surface area contributed by atoms with Gasteiger partial charge in [-0.15, -0.1) is 11.8 Å². The quantitative estimate of drug-likeness (QED) is 0.774. The smallest absolute Gasteiger partial charge is 0.151 e. The third-order valence-electron chi connectivity index (χ3n) is 2.49. The average molecular weight is 256 g/mol. The first-order valence-corrected chi connectivity index (χ1v) is 7.71. The van der Waals surface area contributed by atoms with Crippen molar-refractivity contribution in [3.05, 3.63) is 29.8 Å². The lowest BCUT2D eigenvalue weighted by Crippen LogP contribution is -2.05. The first-order chi connectivity index (χ1) is 7.59. The average Bonchev–Trinajstić information content (AvgIpc) is 2.58. The van der Waals surface area contributed by atoms with Crippen molar-refractivity contribution in [1.29, 1.82) is 0 Å². The zero-order valence-corrected chi connectivity index (χ0v) is 10.3. The van der Waals surface area contributed by atoms with Crippen molar-refractivity contribution >= 4 is 27.9 Å². The largest absolute Gasteiger partial charge is 0.298 e. The predicted octanol–water partition coefficient (Wildman–Crippen LogP) is 1.78. The lowest BCUT2D eigenvalue weighted by Gasteiger charge is -2.07. The molecule has 1 aliphatic heterocycles. The van der Waals surface area contributed by atoms with Crippen molar-refractivity contribution in [2.75, 3.05) is 11.5 Å². The van der Waals surface area contributed by atoms with E-state index in [2.05, 4.69) is 0 Å². The molecule has 5 heteroatoms. The zero-order chi connectivity index (χ0) is 11.6. The molecule has 0 aliphatic carbocycles. The molecule has 0 spiro atoms. The van der Waals surface area contributed by atoms with E-state index in [1.165, 1.54) is 0 Å². The molecule has 1 heterocycles. The maximum absolute atomic E-state index is 11.3. The van der Waals surface area contributed by atoms with Crippen molar-refractivity contribution in [3.8, 4) is 0 Å². The van der Waals surface area contributed by atoms with Crippen LogP contribution in [-0.4, -0.2) is 31.5 Å². The van der Waals surface area contributed by atoms with Crippen LogP contribution >= 0.6 is 11.8 Å². The van der Waals surface area contributed by atoms with E-state index in [1.807, 2.05) is 12.1 Å². The number of hydrogen-bond acceptors (Lipinski definition) is 4. The highest BCUT2D eigenvalue weighted by atomic mass is 32.2. The summed E-state index contributed by atoms with van der Waals surface area (Å²) in [5.74, 6) is 0.543. The van der Waals surface area contributed by atoms with Gasteiger partial charge in [0, 0.05) is 15.7 Å². The highest BCUT2D eigenvalue weighted by Crippen LogP contribution is 2.30. The van der Waals surface area contributed by atoms with E-state index in [-0.39, 0.29) is 16.8 Å². The second-order valence-corrected chi connectivity index (χ2v) is 7.44. The van der Waals surface area contributed by atoms with E-state index >= 15 is 0 Å². The molecule has 1 fully saturated rings. The molecular weight excluding hydrogens is 244 g/mol. The van der Waals surface area contributed by atoms with Gasteiger partial charge >= 0.3 is 0 Å². The number of aldehydes is 1. The van der Waals surface area contributed by atoms with Crippen LogP contribution in [-0.2, 0) is 9.84 Å². The highest BCUT2D eigenvalue weighted by Gasteiger charge is 2.28. The molecule has 1 atom stereocenters.